The van der Waals surface area contributed by atoms with Gasteiger partial charge in [-0.05, 0) is 37.1 Å². The van der Waals surface area contributed by atoms with Crippen LogP contribution in [0.4, 0.5) is 5.69 Å². The molecule has 22 heavy (non-hydrogen) atoms. The summed E-state index contributed by atoms with van der Waals surface area (Å²) in [5.41, 5.74) is 1.36. The maximum absolute atomic E-state index is 12.5. The molecule has 1 heterocycles. The molecule has 0 saturated heterocycles. The summed E-state index contributed by atoms with van der Waals surface area (Å²) in [6.45, 7) is 3.00. The Hall–Kier alpha value is -2.76. The number of aromatic nitrogens is 1. The van der Waals surface area contributed by atoms with Crippen LogP contribution in [0.3, 0.4) is 0 Å². The number of benzene rings is 1. The van der Waals surface area contributed by atoms with Crippen LogP contribution in [0.1, 0.15) is 22.8 Å². The zero-order chi connectivity index (χ0) is 15.9. The lowest BCUT2D eigenvalue weighted by atomic mass is 10.1. The number of hydrogen-bond acceptors (Lipinski definition) is 4. The standard InChI is InChI=1S/C16H17N3O3/c1-2-18(11-8-13-6-9-17-10-7-13)16(20)14-4-3-5-15(12-14)19(21)22/h3-7,9-10,12H,2,8,11H2,1H3. The number of carbonyl (C=O) groups is 1. The summed E-state index contributed by atoms with van der Waals surface area (Å²) in [4.78, 5) is 28.4. The highest BCUT2D eigenvalue weighted by atomic mass is 16.6. The topological polar surface area (TPSA) is 76.3 Å². The van der Waals surface area contributed by atoms with E-state index in [0.717, 1.165) is 12.0 Å². The number of carbonyl (C=O) groups excluding carboxylic acids is 1. The minimum Gasteiger partial charge on any atom is -0.339 e. The third-order valence-corrected chi connectivity index (χ3v) is 3.39. The molecule has 2 aromatic rings. The fraction of sp³-hybridized carbons (Fsp3) is 0.250. The summed E-state index contributed by atoms with van der Waals surface area (Å²) in [6, 6.07) is 9.64. The summed E-state index contributed by atoms with van der Waals surface area (Å²) in [5.74, 6) is -0.194. The molecular weight excluding hydrogens is 282 g/mol. The number of pyridine rings is 1. The van der Waals surface area contributed by atoms with Crippen molar-refractivity contribution >= 4 is 11.6 Å². The number of nitro benzene ring substituents is 1. The number of likely N-dealkylation sites (N-methyl/N-ethyl adjacent to an activating group) is 1. The molecule has 6 heteroatoms. The zero-order valence-corrected chi connectivity index (χ0v) is 12.3. The van der Waals surface area contributed by atoms with E-state index in [0.29, 0.717) is 18.7 Å². The van der Waals surface area contributed by atoms with Crippen LogP contribution in [0.15, 0.2) is 48.8 Å². The Kier molecular flexibility index (Phi) is 5.19. The second-order valence-corrected chi connectivity index (χ2v) is 4.80. The molecule has 0 aliphatic carbocycles. The number of hydrogen-bond donors (Lipinski definition) is 0. The van der Waals surface area contributed by atoms with Crippen molar-refractivity contribution in [1.82, 2.24) is 9.88 Å². The van der Waals surface area contributed by atoms with Crippen molar-refractivity contribution in [2.24, 2.45) is 0 Å². The molecule has 0 bridgehead atoms. The molecule has 0 aliphatic rings. The molecule has 1 amide bonds. The van der Waals surface area contributed by atoms with E-state index < -0.39 is 4.92 Å². The minimum atomic E-state index is -0.496. The first kappa shape index (κ1) is 15.6. The Labute approximate surface area is 128 Å². The van der Waals surface area contributed by atoms with Gasteiger partial charge in [-0.15, -0.1) is 0 Å². The van der Waals surface area contributed by atoms with Crippen LogP contribution >= 0.6 is 0 Å². The molecule has 0 unspecified atom stereocenters. The summed E-state index contributed by atoms with van der Waals surface area (Å²) >= 11 is 0. The molecule has 0 atom stereocenters. The Morgan fingerprint density at radius 2 is 2.00 bits per heavy atom. The first-order valence-corrected chi connectivity index (χ1v) is 7.04. The third kappa shape index (κ3) is 3.88. The van der Waals surface area contributed by atoms with E-state index in [1.807, 2.05) is 19.1 Å². The quantitative estimate of drug-likeness (QED) is 0.607. The monoisotopic (exact) mass is 299 g/mol. The van der Waals surface area contributed by atoms with Crippen LogP contribution in [0.2, 0.25) is 0 Å². The smallest absolute Gasteiger partial charge is 0.270 e. The van der Waals surface area contributed by atoms with E-state index in [9.17, 15) is 14.9 Å². The van der Waals surface area contributed by atoms with Gasteiger partial charge in [0.25, 0.3) is 11.6 Å². The lowest BCUT2D eigenvalue weighted by Gasteiger charge is -2.21. The molecule has 0 saturated carbocycles. The van der Waals surface area contributed by atoms with Crippen molar-refractivity contribution in [2.45, 2.75) is 13.3 Å². The predicted octanol–water partition coefficient (Wildman–Crippen LogP) is 2.69. The van der Waals surface area contributed by atoms with Gasteiger partial charge in [-0.1, -0.05) is 6.07 Å². The maximum atomic E-state index is 12.5. The molecule has 2 rings (SSSR count). The normalized spacial score (nSPS) is 10.2. The number of nitro groups is 1. The van der Waals surface area contributed by atoms with Crippen molar-refractivity contribution in [3.05, 3.63) is 70.0 Å². The third-order valence-electron chi connectivity index (χ3n) is 3.39. The number of amides is 1. The lowest BCUT2D eigenvalue weighted by Crippen LogP contribution is -2.32. The van der Waals surface area contributed by atoms with Gasteiger partial charge in [0, 0.05) is 43.2 Å². The molecule has 1 aromatic carbocycles. The number of nitrogens with zero attached hydrogens (tertiary/aromatic N) is 3. The zero-order valence-electron chi connectivity index (χ0n) is 12.3. The maximum Gasteiger partial charge on any atom is 0.270 e. The predicted molar refractivity (Wildman–Crippen MR) is 82.6 cm³/mol. The fourth-order valence-electron chi connectivity index (χ4n) is 2.15. The second-order valence-electron chi connectivity index (χ2n) is 4.80. The Balaban J connectivity index is 2.08. The lowest BCUT2D eigenvalue weighted by molar-refractivity contribution is -0.384. The van der Waals surface area contributed by atoms with Crippen molar-refractivity contribution in [3.8, 4) is 0 Å². The molecule has 0 spiro atoms. The molecule has 0 radical (unpaired) electrons. The summed E-state index contributed by atoms with van der Waals surface area (Å²) in [5, 5.41) is 10.8. The van der Waals surface area contributed by atoms with Gasteiger partial charge < -0.3 is 4.90 Å². The Morgan fingerprint density at radius 3 is 2.64 bits per heavy atom. The Bertz CT molecular complexity index is 659. The van der Waals surface area contributed by atoms with Crippen molar-refractivity contribution in [1.29, 1.82) is 0 Å². The van der Waals surface area contributed by atoms with E-state index in [1.165, 1.54) is 18.2 Å². The van der Waals surface area contributed by atoms with E-state index in [1.54, 1.807) is 23.4 Å². The van der Waals surface area contributed by atoms with Gasteiger partial charge in [0.2, 0.25) is 0 Å². The van der Waals surface area contributed by atoms with Gasteiger partial charge in [-0.25, -0.2) is 0 Å². The van der Waals surface area contributed by atoms with E-state index in [4.69, 9.17) is 0 Å². The average molecular weight is 299 g/mol. The van der Waals surface area contributed by atoms with Gasteiger partial charge in [-0.2, -0.15) is 0 Å². The number of rotatable bonds is 6. The SMILES string of the molecule is CCN(CCc1ccncc1)C(=O)c1cccc([N+](=O)[O-])c1. The molecule has 6 nitrogen and oxygen atoms in total. The van der Waals surface area contributed by atoms with Crippen LogP contribution in [0, 0.1) is 10.1 Å². The summed E-state index contributed by atoms with van der Waals surface area (Å²) in [7, 11) is 0. The van der Waals surface area contributed by atoms with Crippen LogP contribution < -0.4 is 0 Å². The highest BCUT2D eigenvalue weighted by molar-refractivity contribution is 5.94. The van der Waals surface area contributed by atoms with Crippen molar-refractivity contribution < 1.29 is 9.72 Å². The highest BCUT2D eigenvalue weighted by Crippen LogP contribution is 2.15. The fourth-order valence-corrected chi connectivity index (χ4v) is 2.15. The van der Waals surface area contributed by atoms with Gasteiger partial charge >= 0.3 is 0 Å². The molecule has 0 N–H and O–H groups in total. The molecule has 0 fully saturated rings. The van der Waals surface area contributed by atoms with Gasteiger partial charge in [-0.3, -0.25) is 19.9 Å². The average Bonchev–Trinajstić information content (AvgIpc) is 2.56. The van der Waals surface area contributed by atoms with Crippen molar-refractivity contribution in [2.75, 3.05) is 13.1 Å². The van der Waals surface area contributed by atoms with E-state index in [2.05, 4.69) is 4.98 Å². The summed E-state index contributed by atoms with van der Waals surface area (Å²) in [6.07, 6.45) is 4.15. The van der Waals surface area contributed by atoms with Gasteiger partial charge in [0.05, 0.1) is 4.92 Å². The second kappa shape index (κ2) is 7.31. The number of non-ortho nitro benzene ring substituents is 1. The largest absolute Gasteiger partial charge is 0.339 e. The van der Waals surface area contributed by atoms with Crippen LogP contribution in [-0.2, 0) is 6.42 Å². The molecular formula is C16H17N3O3. The summed E-state index contributed by atoms with van der Waals surface area (Å²) < 4.78 is 0. The van der Waals surface area contributed by atoms with Crippen LogP contribution in [0.5, 0.6) is 0 Å². The Morgan fingerprint density at radius 1 is 1.27 bits per heavy atom. The van der Waals surface area contributed by atoms with Gasteiger partial charge in [0.1, 0.15) is 0 Å². The van der Waals surface area contributed by atoms with E-state index >= 15 is 0 Å². The van der Waals surface area contributed by atoms with Crippen LogP contribution in [0.25, 0.3) is 0 Å². The van der Waals surface area contributed by atoms with Gasteiger partial charge in [0.15, 0.2) is 0 Å². The highest BCUT2D eigenvalue weighted by Gasteiger charge is 2.16. The molecule has 0 aliphatic heterocycles. The minimum absolute atomic E-state index is 0.0731. The van der Waals surface area contributed by atoms with Crippen molar-refractivity contribution in [3.63, 3.8) is 0 Å². The van der Waals surface area contributed by atoms with E-state index in [-0.39, 0.29) is 11.6 Å². The van der Waals surface area contributed by atoms with Crippen LogP contribution in [-0.4, -0.2) is 33.8 Å². The molecule has 1 aromatic heterocycles. The molecule has 114 valence electrons. The first-order valence-electron chi connectivity index (χ1n) is 7.04. The first-order chi connectivity index (χ1) is 10.6.